The van der Waals surface area contributed by atoms with Crippen LogP contribution in [-0.2, 0) is 24.3 Å². The van der Waals surface area contributed by atoms with E-state index >= 15 is 0 Å². The number of nitrogens with one attached hydrogen (secondary N) is 2. The summed E-state index contributed by atoms with van der Waals surface area (Å²) < 4.78 is 13.2. The lowest BCUT2D eigenvalue weighted by Gasteiger charge is -2.28. The number of methoxy groups -OCH3 is 1. The molecule has 2 amide bonds. The van der Waals surface area contributed by atoms with E-state index in [2.05, 4.69) is 26.3 Å². The highest BCUT2D eigenvalue weighted by Crippen LogP contribution is 2.35. The first-order valence-electron chi connectivity index (χ1n) is 13.7. The fourth-order valence-electron chi connectivity index (χ4n) is 5.02. The molecule has 4 N–H and O–H groups in total. The number of rotatable bonds is 11. The van der Waals surface area contributed by atoms with Gasteiger partial charge in [0.2, 0.25) is 5.91 Å². The fourth-order valence-corrected chi connectivity index (χ4v) is 5.02. The van der Waals surface area contributed by atoms with Crippen LogP contribution < -0.4 is 25.8 Å². The molecule has 5 rings (SSSR count). The number of amides is 2. The number of nitriles is 1. The van der Waals surface area contributed by atoms with Crippen LogP contribution in [0.5, 0.6) is 11.5 Å². The van der Waals surface area contributed by atoms with Crippen LogP contribution in [0.15, 0.2) is 79.3 Å². The van der Waals surface area contributed by atoms with Gasteiger partial charge in [-0.25, -0.2) is 4.98 Å². The normalized spacial score (nSPS) is 14.6. The zero-order valence-electron chi connectivity index (χ0n) is 23.2. The van der Waals surface area contributed by atoms with Crippen LogP contribution in [0.2, 0.25) is 0 Å². The summed E-state index contributed by atoms with van der Waals surface area (Å²) in [4.78, 5) is 29.9. The highest BCUT2D eigenvalue weighted by molar-refractivity contribution is 6.00. The van der Waals surface area contributed by atoms with Crippen molar-refractivity contribution in [1.29, 1.82) is 5.26 Å². The highest BCUT2D eigenvalue weighted by Gasteiger charge is 2.28. The molecule has 1 aromatic heterocycles. The lowest BCUT2D eigenvalue weighted by atomic mass is 9.96. The van der Waals surface area contributed by atoms with E-state index in [-0.39, 0.29) is 12.5 Å². The Morgan fingerprint density at radius 2 is 1.90 bits per heavy atom. The van der Waals surface area contributed by atoms with Gasteiger partial charge in [-0.05, 0) is 41.5 Å². The Hall–Kier alpha value is -5.14. The summed E-state index contributed by atoms with van der Waals surface area (Å²) in [5, 5.41) is 15.4. The van der Waals surface area contributed by atoms with Gasteiger partial charge in [0.25, 0.3) is 5.91 Å². The third-order valence-electron chi connectivity index (χ3n) is 7.33. The van der Waals surface area contributed by atoms with E-state index in [1.54, 1.807) is 31.6 Å². The van der Waals surface area contributed by atoms with E-state index < -0.39 is 17.9 Å². The predicted octanol–water partition coefficient (Wildman–Crippen LogP) is 3.25. The van der Waals surface area contributed by atoms with Crippen LogP contribution in [0.4, 0.5) is 0 Å². The second kappa shape index (κ2) is 13.0. The molecule has 0 saturated carbocycles. The Balaban J connectivity index is 1.26. The largest absolute Gasteiger partial charge is 0.497 e. The molecule has 1 aliphatic heterocycles. The second-order valence-electron chi connectivity index (χ2n) is 10.1. The molecule has 10 nitrogen and oxygen atoms in total. The Kier molecular flexibility index (Phi) is 8.80. The number of hydrogen-bond acceptors (Lipinski definition) is 7. The van der Waals surface area contributed by atoms with Gasteiger partial charge < -0.3 is 30.4 Å². The van der Waals surface area contributed by atoms with Gasteiger partial charge >= 0.3 is 0 Å². The molecule has 1 unspecified atom stereocenters. The minimum absolute atomic E-state index is 0.0500. The van der Waals surface area contributed by atoms with Gasteiger partial charge in [0.15, 0.2) is 0 Å². The molecule has 0 aliphatic carbocycles. The predicted molar refractivity (Wildman–Crippen MR) is 156 cm³/mol. The quantitative estimate of drug-likeness (QED) is 0.254. The Bertz CT molecular complexity index is 1590. The molecule has 4 aromatic rings. The van der Waals surface area contributed by atoms with Gasteiger partial charge in [-0.2, -0.15) is 5.26 Å². The molecule has 0 radical (unpaired) electrons. The van der Waals surface area contributed by atoms with Gasteiger partial charge in [-0.3, -0.25) is 9.59 Å². The molecular weight excluding hydrogens is 532 g/mol. The number of benzene rings is 3. The molecular formula is C32H32N6O4. The molecule has 2 heterocycles. The number of ether oxygens (including phenoxy) is 2. The van der Waals surface area contributed by atoms with Crippen molar-refractivity contribution >= 4 is 11.8 Å². The number of carbonyl (C=O) groups excluding carboxylic acids is 2. The number of imidazole rings is 1. The Morgan fingerprint density at radius 1 is 1.14 bits per heavy atom. The number of nitrogens with two attached hydrogens (primary N) is 1. The van der Waals surface area contributed by atoms with Crippen molar-refractivity contribution in [1.82, 2.24) is 20.2 Å². The van der Waals surface area contributed by atoms with Crippen molar-refractivity contribution in [3.8, 4) is 17.6 Å². The lowest BCUT2D eigenvalue weighted by Crippen LogP contribution is -2.46. The molecule has 1 aliphatic rings. The van der Waals surface area contributed by atoms with Gasteiger partial charge in [0, 0.05) is 43.7 Å². The van der Waals surface area contributed by atoms with Gasteiger partial charge in [0.1, 0.15) is 17.5 Å². The molecule has 0 saturated heterocycles. The maximum Gasteiger partial charge on any atom is 0.255 e. The highest BCUT2D eigenvalue weighted by atomic mass is 16.5. The lowest BCUT2D eigenvalue weighted by molar-refractivity contribution is -0.119. The number of nitrogens with zero attached hydrogens (tertiary/aromatic N) is 3. The SMILES string of the molecule is COc1ccc(C[C@H](NC(=O)c2cccc3c2OCCC3NCc2cncn2Cc2ccc(C#N)cc2)C(N)=O)cc1. The standard InChI is InChI=1S/C32H32N6O4/c1-41-25-11-9-21(10-12-25)15-29(31(34)39)37-32(40)27-4-2-3-26-28(13-14-42-30(26)27)36-18-24-17-35-20-38(24)19-23-7-5-22(16-33)6-8-23/h2-12,17,20,28-29,36H,13-15,18-19H2,1H3,(H2,34,39)(H,37,40)/t28?,29-/m0/s1. The van der Waals surface area contributed by atoms with Crippen LogP contribution in [0, 0.1) is 11.3 Å². The van der Waals surface area contributed by atoms with Crippen LogP contribution >= 0.6 is 0 Å². The minimum atomic E-state index is -0.893. The monoisotopic (exact) mass is 564 g/mol. The summed E-state index contributed by atoms with van der Waals surface area (Å²) in [6.45, 7) is 1.63. The molecule has 0 bridgehead atoms. The van der Waals surface area contributed by atoms with E-state index in [4.69, 9.17) is 20.5 Å². The molecule has 42 heavy (non-hydrogen) atoms. The number of carbonyl (C=O) groups is 2. The summed E-state index contributed by atoms with van der Waals surface area (Å²) in [7, 11) is 1.58. The Morgan fingerprint density at radius 3 is 2.62 bits per heavy atom. The van der Waals surface area contributed by atoms with Crippen molar-refractivity contribution in [3.05, 3.63) is 113 Å². The molecule has 214 valence electrons. The van der Waals surface area contributed by atoms with Crippen molar-refractivity contribution in [2.45, 2.75) is 38.0 Å². The van der Waals surface area contributed by atoms with Crippen LogP contribution in [0.25, 0.3) is 0 Å². The molecule has 0 spiro atoms. The van der Waals surface area contributed by atoms with E-state index in [0.29, 0.717) is 42.3 Å². The van der Waals surface area contributed by atoms with E-state index in [0.717, 1.165) is 28.8 Å². The number of para-hydroxylation sites is 1. The summed E-state index contributed by atoms with van der Waals surface area (Å²) >= 11 is 0. The van der Waals surface area contributed by atoms with E-state index in [1.807, 2.05) is 54.7 Å². The summed E-state index contributed by atoms with van der Waals surface area (Å²) in [5.74, 6) is 0.148. The molecule has 10 heteroatoms. The van der Waals surface area contributed by atoms with Crippen molar-refractivity contribution in [3.63, 3.8) is 0 Å². The van der Waals surface area contributed by atoms with Gasteiger partial charge in [-0.15, -0.1) is 0 Å². The summed E-state index contributed by atoms with van der Waals surface area (Å²) in [6.07, 6.45) is 4.59. The van der Waals surface area contributed by atoms with E-state index in [9.17, 15) is 9.59 Å². The number of fused-ring (bicyclic) bond motifs is 1. The van der Waals surface area contributed by atoms with E-state index in [1.165, 1.54) is 0 Å². The molecule has 2 atom stereocenters. The number of primary amides is 1. The first kappa shape index (κ1) is 28.4. The average Bonchev–Trinajstić information content (AvgIpc) is 3.46. The van der Waals surface area contributed by atoms with Crippen molar-refractivity contribution < 1.29 is 19.1 Å². The minimum Gasteiger partial charge on any atom is -0.497 e. The van der Waals surface area contributed by atoms with Gasteiger partial charge in [0.05, 0.1) is 42.9 Å². The Labute approximate surface area is 244 Å². The fraction of sp³-hybridized carbons (Fsp3) is 0.250. The van der Waals surface area contributed by atoms with Crippen molar-refractivity contribution in [2.75, 3.05) is 13.7 Å². The summed E-state index contributed by atoms with van der Waals surface area (Å²) in [6, 6.07) is 21.4. The zero-order valence-corrected chi connectivity index (χ0v) is 23.2. The van der Waals surface area contributed by atoms with Crippen LogP contribution in [0.1, 0.15) is 50.8 Å². The van der Waals surface area contributed by atoms with Crippen LogP contribution in [-0.4, -0.2) is 41.1 Å². The van der Waals surface area contributed by atoms with Gasteiger partial charge in [-0.1, -0.05) is 36.4 Å². The average molecular weight is 565 g/mol. The third kappa shape index (κ3) is 6.59. The topological polar surface area (TPSA) is 144 Å². The smallest absolute Gasteiger partial charge is 0.255 e. The van der Waals surface area contributed by atoms with Crippen LogP contribution in [0.3, 0.4) is 0 Å². The zero-order chi connectivity index (χ0) is 29.5. The maximum atomic E-state index is 13.4. The molecule has 3 aromatic carbocycles. The number of aromatic nitrogens is 2. The first-order chi connectivity index (χ1) is 20.4. The summed E-state index contributed by atoms with van der Waals surface area (Å²) in [5.41, 5.74) is 10.4. The van der Waals surface area contributed by atoms with Crippen molar-refractivity contribution in [2.24, 2.45) is 5.73 Å². The second-order valence-corrected chi connectivity index (χ2v) is 10.1. The molecule has 0 fully saturated rings. The third-order valence-corrected chi connectivity index (χ3v) is 7.33. The first-order valence-corrected chi connectivity index (χ1v) is 13.7. The maximum absolute atomic E-state index is 13.4. The number of hydrogen-bond donors (Lipinski definition) is 3.